The van der Waals surface area contributed by atoms with E-state index < -0.39 is 35.1 Å². The lowest BCUT2D eigenvalue weighted by molar-refractivity contribution is 0.00578. The molecule has 145 heavy (non-hydrogen) atoms. The summed E-state index contributed by atoms with van der Waals surface area (Å²) in [5.74, 6) is -5.88. The van der Waals surface area contributed by atoms with Gasteiger partial charge in [0, 0.05) is 149 Å². The normalized spacial score (nSPS) is 15.6. The van der Waals surface area contributed by atoms with E-state index in [2.05, 4.69) is 118 Å². The third kappa shape index (κ3) is 32.7. The molecule has 0 saturated carbocycles. The minimum Gasteiger partial charge on any atom is -0.478 e. The Labute approximate surface area is 858 Å². The van der Waals surface area contributed by atoms with Crippen LogP contribution in [0.25, 0.3) is 33.8 Å². The lowest BCUT2D eigenvalue weighted by Crippen LogP contribution is -2.41. The summed E-state index contributed by atoms with van der Waals surface area (Å²) in [5, 5.41) is 53.8. The van der Waals surface area contributed by atoms with Crippen LogP contribution >= 0.6 is 34.8 Å². The van der Waals surface area contributed by atoms with Crippen molar-refractivity contribution in [2.45, 2.75) is 172 Å². The first-order valence-corrected chi connectivity index (χ1v) is 48.9. The molecule has 6 saturated heterocycles. The fraction of sp³-hybridized carbons (Fsp3) is 0.451. The van der Waals surface area contributed by atoms with Gasteiger partial charge in [0.25, 0.3) is 41.3 Å². The molecule has 0 unspecified atom stereocenters. The van der Waals surface area contributed by atoms with Crippen LogP contribution in [0.4, 0.5) is 68.7 Å². The number of nitrogens with one attached hydrogen (secondary N) is 1. The van der Waals surface area contributed by atoms with E-state index in [0.29, 0.717) is 148 Å². The second kappa shape index (κ2) is 52.0. The zero-order chi connectivity index (χ0) is 105. The maximum atomic E-state index is 13.6. The number of hydrogen-bond acceptors (Lipinski definition) is 33. The molecule has 35 nitrogen and oxygen atoms in total. The maximum Gasteiger partial charge on any atom is 0.495 e. The van der Waals surface area contributed by atoms with Crippen LogP contribution in [0.5, 0.6) is 23.5 Å². The summed E-state index contributed by atoms with van der Waals surface area (Å²) in [6, 6.07) is 36.9. The SMILES string of the molecule is CC(C)Oc1nnc(Cl)cc1N1CCOCC1.CC(F)(F)c1cc(C(=O)O)ccn1.Cc1ccc(N)cc1-c1cc(N2CCOCC2)c(OC(C)C)nn1.Cc1ccc(N)cc1-c1cc(N2CCOCC2)c(OC(C)C)nn1.Cc1ccc(N)cc1B1OC(C)(C)C(C)(C)O1.Cc1ccc(NC(=O)c2ccnc(C(C)(F)F)c2)cc1-c1cc(N2CCOCC2)c(OC(C)C)nn1.Clc1cc(N2CCOCC2)c(Cl)nn1. The predicted molar refractivity (Wildman–Crippen MR) is 557 cm³/mol. The summed E-state index contributed by atoms with van der Waals surface area (Å²) in [6.45, 7) is 48.2. The second-order valence-corrected chi connectivity index (χ2v) is 38.0. The first-order chi connectivity index (χ1) is 68.8. The lowest BCUT2D eigenvalue weighted by atomic mass is 9.76. The van der Waals surface area contributed by atoms with Gasteiger partial charge in [-0.15, -0.1) is 51.0 Å². The smallest absolute Gasteiger partial charge is 0.478 e. The second-order valence-electron chi connectivity index (χ2n) is 36.9. The number of anilines is 9. The summed E-state index contributed by atoms with van der Waals surface area (Å²) >= 11 is 17.5. The van der Waals surface area contributed by atoms with Crippen LogP contribution in [0.15, 0.2) is 140 Å². The summed E-state index contributed by atoms with van der Waals surface area (Å²) in [7, 11) is -0.330. The first-order valence-electron chi connectivity index (χ1n) is 47.7. The number of rotatable bonds is 22. The maximum absolute atomic E-state index is 13.6. The van der Waals surface area contributed by atoms with Crippen molar-refractivity contribution in [1.82, 2.24) is 61.0 Å². The Morgan fingerprint density at radius 1 is 0.400 bits per heavy atom. The average molecular weight is 2070 g/mol. The van der Waals surface area contributed by atoms with Crippen LogP contribution in [0.1, 0.15) is 151 Å². The van der Waals surface area contributed by atoms with Crippen LogP contribution in [-0.2, 0) is 44.8 Å². The molecule has 0 aliphatic carbocycles. The van der Waals surface area contributed by atoms with Crippen molar-refractivity contribution in [3.05, 3.63) is 200 Å². The number of nitrogens with zero attached hydrogens (tertiary/aromatic N) is 17. The van der Waals surface area contributed by atoms with Gasteiger partial charge in [0.2, 0.25) is 0 Å². The number of carboxylic acids is 1. The molecule has 0 radical (unpaired) electrons. The van der Waals surface area contributed by atoms with E-state index in [0.717, 1.165) is 174 Å². The lowest BCUT2D eigenvalue weighted by Gasteiger charge is -2.32. The number of hydrogen-bond donors (Lipinski definition) is 5. The first kappa shape index (κ1) is 113. The molecular weight excluding hydrogens is 1940 g/mol. The number of ether oxygens (including phenoxy) is 9. The minimum absolute atomic E-state index is 0.0408. The van der Waals surface area contributed by atoms with Gasteiger partial charge in [-0.25, -0.2) is 4.79 Å². The zero-order valence-electron chi connectivity index (χ0n) is 85.0. The average Bonchev–Trinajstić information content (AvgIpc) is 1.61. The van der Waals surface area contributed by atoms with E-state index >= 15 is 0 Å². The van der Waals surface area contributed by atoms with Crippen molar-refractivity contribution >= 4 is 110 Å². The topological polar surface area (TPSA) is 417 Å². The number of carboxylic acid groups (broad SMARTS) is 1. The molecule has 17 rings (SSSR count). The largest absolute Gasteiger partial charge is 0.495 e. The number of aromatic carboxylic acids is 1. The van der Waals surface area contributed by atoms with E-state index in [4.69, 9.17) is 109 Å². The number of benzene rings is 4. The summed E-state index contributed by atoms with van der Waals surface area (Å²) in [4.78, 5) is 41.1. The molecular formula is C102H129BCl3F4N21O14. The molecule has 778 valence electrons. The predicted octanol–water partition coefficient (Wildman–Crippen LogP) is 17.3. The minimum atomic E-state index is -3.14. The van der Waals surface area contributed by atoms with Gasteiger partial charge in [0.1, 0.15) is 34.1 Å². The Bertz CT molecular complexity index is 6000. The molecule has 4 aromatic carbocycles. The van der Waals surface area contributed by atoms with Crippen LogP contribution in [0.3, 0.4) is 0 Å². The van der Waals surface area contributed by atoms with E-state index in [1.165, 1.54) is 12.3 Å². The van der Waals surface area contributed by atoms with Crippen molar-refractivity contribution in [3.8, 4) is 57.3 Å². The van der Waals surface area contributed by atoms with Gasteiger partial charge in [-0.1, -0.05) is 64.6 Å². The molecule has 6 aliphatic heterocycles. The van der Waals surface area contributed by atoms with Crippen molar-refractivity contribution in [1.29, 1.82) is 0 Å². The zero-order valence-corrected chi connectivity index (χ0v) is 87.3. The van der Waals surface area contributed by atoms with E-state index in [1.54, 1.807) is 24.3 Å². The quantitative estimate of drug-likeness (QED) is 0.0239. The van der Waals surface area contributed by atoms with Crippen LogP contribution in [0.2, 0.25) is 15.5 Å². The van der Waals surface area contributed by atoms with Gasteiger partial charge in [0.05, 0.1) is 130 Å². The number of pyridine rings is 2. The molecule has 7 aromatic heterocycles. The summed E-state index contributed by atoms with van der Waals surface area (Å²) in [5.41, 5.74) is 33.4. The standard InChI is InChI=1S/C26H29F2N5O3.2C18H24N4O2.C13H20BNO2.C11H16ClN3O2.C8H9Cl2N3O.C8H7F2NO2/c1-16(2)36-25-22(33-9-11-35-12-10-33)15-21(31-32-25)20-14-19(6-5-17(20)3)30-24(34)18-7-8-29-23(13-18)26(4,27)28;2*1-12(2)24-18-17(22-6-8-23-9-7-22)11-16(20-21-18)15-10-14(19)5-4-13(15)3;1-9-6-7-10(15)8-11(9)14-16-12(2,3)13(4,5)17-14;1-8(2)17-11-9(7-10(12)13-14-11)15-3-5-16-6-4-15;9-7-5-6(8(10)12-11-7)13-1-3-14-4-2-13;1-8(9,10)6-4-5(7(12)13)2-3-11-6/h5-8,13-16H,9-12H2,1-4H3,(H,30,34);2*4-5,10-12H,6-9,19H2,1-3H3;6-8H,15H2,1-5H3;7-8H,3-6H2,1-2H3;5H,1-4H2;2-4H,1H3,(H,12,13). The van der Waals surface area contributed by atoms with Crippen molar-refractivity contribution in [3.63, 3.8) is 0 Å². The molecule has 0 atom stereocenters. The highest BCUT2D eigenvalue weighted by molar-refractivity contribution is 6.62. The summed E-state index contributed by atoms with van der Waals surface area (Å²) in [6.07, 6.45) is 2.33. The number of alkyl halides is 4. The molecule has 1 amide bonds. The monoisotopic (exact) mass is 2060 g/mol. The number of nitrogen functional groups attached to an aromatic ring is 3. The fourth-order valence-electron chi connectivity index (χ4n) is 15.1. The van der Waals surface area contributed by atoms with Crippen molar-refractivity contribution < 1.29 is 84.2 Å². The molecule has 6 fully saturated rings. The van der Waals surface area contributed by atoms with Crippen molar-refractivity contribution in [2.24, 2.45) is 0 Å². The van der Waals surface area contributed by atoms with Crippen LogP contribution in [0, 0.1) is 27.7 Å². The van der Waals surface area contributed by atoms with Crippen LogP contribution < -0.4 is 71.4 Å². The van der Waals surface area contributed by atoms with Crippen LogP contribution in [-0.4, -0.2) is 252 Å². The molecule has 13 heterocycles. The Hall–Kier alpha value is -12.5. The van der Waals surface area contributed by atoms with Gasteiger partial charge in [0.15, 0.2) is 15.5 Å². The van der Waals surface area contributed by atoms with Gasteiger partial charge in [-0.2, -0.15) is 17.6 Å². The van der Waals surface area contributed by atoms with Gasteiger partial charge >= 0.3 is 13.1 Å². The highest BCUT2D eigenvalue weighted by Gasteiger charge is 2.52. The third-order valence-corrected chi connectivity index (χ3v) is 24.0. The number of carbonyl (C=O) groups is 2. The number of morpholine rings is 5. The molecule has 8 N–H and O–H groups in total. The number of halogens is 7. The Morgan fingerprint density at radius 2 is 0.703 bits per heavy atom. The molecule has 0 spiro atoms. The van der Waals surface area contributed by atoms with Gasteiger partial charge in [-0.3, -0.25) is 14.8 Å². The number of aryl methyl sites for hydroxylation is 4. The summed E-state index contributed by atoms with van der Waals surface area (Å²) < 4.78 is 115. The molecule has 6 aliphatic rings. The number of amides is 1. The van der Waals surface area contributed by atoms with Gasteiger partial charge < -0.3 is 104 Å². The van der Waals surface area contributed by atoms with E-state index in [9.17, 15) is 27.2 Å². The molecule has 11 aromatic rings. The van der Waals surface area contributed by atoms with Gasteiger partial charge in [-0.05, 0) is 224 Å². The number of aromatic nitrogens is 12. The van der Waals surface area contributed by atoms with Crippen molar-refractivity contribution in [2.75, 3.05) is 179 Å². The fourth-order valence-corrected chi connectivity index (χ4v) is 15.6. The van der Waals surface area contributed by atoms with E-state index in [1.807, 2.05) is 162 Å². The third-order valence-electron chi connectivity index (χ3n) is 23.4. The Balaban J connectivity index is 0.000000166. The molecule has 0 bridgehead atoms. The Morgan fingerprint density at radius 3 is 1.06 bits per heavy atom. The number of carbonyl (C=O) groups excluding carboxylic acids is 1. The highest BCUT2D eigenvalue weighted by atomic mass is 35.5. The Kier molecular flexibility index (Phi) is 40.5. The number of nitrogens with two attached hydrogens (primary N) is 3. The van der Waals surface area contributed by atoms with E-state index in [-0.39, 0.29) is 53.9 Å². The molecule has 43 heteroatoms. The highest BCUT2D eigenvalue weighted by Crippen LogP contribution is 2.41.